The number of hydrogen-bond donors (Lipinski definition) is 1. The van der Waals surface area contributed by atoms with Crippen molar-refractivity contribution in [2.75, 3.05) is 17.2 Å². The first-order valence-electron chi connectivity index (χ1n) is 7.16. The van der Waals surface area contributed by atoms with E-state index < -0.39 is 0 Å². The second-order valence-corrected chi connectivity index (χ2v) is 7.48. The zero-order valence-electron chi connectivity index (χ0n) is 11.5. The average molecular weight is 306 g/mol. The van der Waals surface area contributed by atoms with Gasteiger partial charge in [0.25, 0.3) is 0 Å². The molecule has 2 aromatic heterocycles. The summed E-state index contributed by atoms with van der Waals surface area (Å²) in [5.74, 6) is 1.52. The number of hydrogen-bond acceptors (Lipinski definition) is 6. The van der Waals surface area contributed by atoms with E-state index in [4.69, 9.17) is 5.73 Å². The summed E-state index contributed by atoms with van der Waals surface area (Å²) in [6.07, 6.45) is 5.37. The van der Waals surface area contributed by atoms with E-state index in [2.05, 4.69) is 19.6 Å². The lowest BCUT2D eigenvalue weighted by atomic mass is 10.2. The Bertz CT molecular complexity index is 625. The minimum absolute atomic E-state index is 0.640. The molecular weight excluding hydrogens is 288 g/mol. The van der Waals surface area contributed by atoms with Crippen LogP contribution in [0.5, 0.6) is 0 Å². The van der Waals surface area contributed by atoms with Gasteiger partial charge in [0.15, 0.2) is 0 Å². The Morgan fingerprint density at radius 3 is 2.75 bits per heavy atom. The van der Waals surface area contributed by atoms with Crippen LogP contribution in [-0.4, -0.2) is 21.9 Å². The number of nitrogens with two attached hydrogens (primary N) is 1. The Kier molecular flexibility index (Phi) is 2.96. The molecule has 0 unspecified atom stereocenters. The summed E-state index contributed by atoms with van der Waals surface area (Å²) in [5.41, 5.74) is 8.25. The number of nitrogens with zero attached hydrogens (tertiary/aromatic N) is 3. The first-order chi connectivity index (χ1) is 9.72. The van der Waals surface area contributed by atoms with Crippen molar-refractivity contribution in [3.63, 3.8) is 0 Å². The van der Waals surface area contributed by atoms with Crippen LogP contribution in [0.2, 0.25) is 0 Å². The van der Waals surface area contributed by atoms with E-state index in [1.807, 2.05) is 6.92 Å². The van der Waals surface area contributed by atoms with Gasteiger partial charge < -0.3 is 10.6 Å². The summed E-state index contributed by atoms with van der Waals surface area (Å²) >= 11 is 3.21. The molecule has 0 aromatic carbocycles. The van der Waals surface area contributed by atoms with Crippen molar-refractivity contribution >= 4 is 33.7 Å². The third-order valence-corrected chi connectivity index (χ3v) is 5.81. The Hall–Kier alpha value is -1.14. The fourth-order valence-corrected chi connectivity index (χ4v) is 4.33. The number of aromatic nitrogens is 2. The van der Waals surface area contributed by atoms with Gasteiger partial charge in [0.05, 0.1) is 5.56 Å². The van der Waals surface area contributed by atoms with Gasteiger partial charge in [-0.05, 0) is 50.1 Å². The van der Waals surface area contributed by atoms with Crippen LogP contribution in [0.4, 0.5) is 10.8 Å². The van der Waals surface area contributed by atoms with E-state index in [-0.39, 0.29) is 0 Å². The summed E-state index contributed by atoms with van der Waals surface area (Å²) in [4.78, 5) is 7.16. The van der Waals surface area contributed by atoms with Gasteiger partial charge >= 0.3 is 0 Å². The summed E-state index contributed by atoms with van der Waals surface area (Å²) in [6, 6.07) is 0.704. The normalized spacial score (nSPS) is 18.4. The largest absolute Gasteiger partial charge is 0.382 e. The number of nitrogen functional groups attached to an aromatic ring is 1. The first kappa shape index (κ1) is 12.6. The molecule has 2 aliphatic rings. The predicted octanol–water partition coefficient (Wildman–Crippen LogP) is 3.54. The molecule has 6 heteroatoms. The van der Waals surface area contributed by atoms with Gasteiger partial charge in [-0.1, -0.05) is 0 Å². The van der Waals surface area contributed by atoms with E-state index in [0.717, 1.165) is 22.2 Å². The Morgan fingerprint density at radius 1 is 1.35 bits per heavy atom. The van der Waals surface area contributed by atoms with Gasteiger partial charge in [-0.25, -0.2) is 4.98 Å². The Balaban J connectivity index is 1.72. The molecule has 0 spiro atoms. The van der Waals surface area contributed by atoms with Crippen LogP contribution in [0.25, 0.3) is 10.6 Å². The molecule has 20 heavy (non-hydrogen) atoms. The molecular formula is C14H18N4S2. The summed E-state index contributed by atoms with van der Waals surface area (Å²) in [5, 5.41) is 4.34. The summed E-state index contributed by atoms with van der Waals surface area (Å²) in [7, 11) is 0. The van der Waals surface area contributed by atoms with Crippen molar-refractivity contribution < 1.29 is 0 Å². The number of rotatable bonds is 5. The lowest BCUT2D eigenvalue weighted by Crippen LogP contribution is -2.27. The van der Waals surface area contributed by atoms with E-state index >= 15 is 0 Å². The zero-order valence-corrected chi connectivity index (χ0v) is 13.1. The minimum Gasteiger partial charge on any atom is -0.382 e. The zero-order chi connectivity index (χ0) is 13.7. The third-order valence-electron chi connectivity index (χ3n) is 3.93. The lowest BCUT2D eigenvalue weighted by molar-refractivity contribution is 0.725. The molecule has 2 N–H and O–H groups in total. The second kappa shape index (κ2) is 4.70. The highest BCUT2D eigenvalue weighted by Crippen LogP contribution is 2.46. The number of anilines is 2. The molecule has 2 fully saturated rings. The molecule has 106 valence electrons. The topological polar surface area (TPSA) is 55.0 Å². The number of thiazole rings is 1. The number of aryl methyl sites for hydroxylation is 1. The van der Waals surface area contributed by atoms with Crippen LogP contribution in [0.1, 0.15) is 31.4 Å². The SMILES string of the molecule is Cc1csc(-c2c(N)nsc2N(CC2CC2)C2CC2)n1. The van der Waals surface area contributed by atoms with Gasteiger partial charge in [0.2, 0.25) is 0 Å². The van der Waals surface area contributed by atoms with Crippen LogP contribution in [0.15, 0.2) is 5.38 Å². The van der Waals surface area contributed by atoms with Gasteiger partial charge in [-0.3, -0.25) is 0 Å². The Morgan fingerprint density at radius 2 is 2.15 bits per heavy atom. The third kappa shape index (κ3) is 2.31. The molecule has 0 radical (unpaired) electrons. The second-order valence-electron chi connectivity index (χ2n) is 5.87. The molecule has 2 saturated carbocycles. The molecule has 2 aliphatic carbocycles. The molecule has 0 aliphatic heterocycles. The molecule has 0 saturated heterocycles. The highest BCUT2D eigenvalue weighted by atomic mass is 32.1. The first-order valence-corrected chi connectivity index (χ1v) is 8.82. The van der Waals surface area contributed by atoms with E-state index in [9.17, 15) is 0 Å². The van der Waals surface area contributed by atoms with Crippen molar-refractivity contribution in [2.45, 2.75) is 38.6 Å². The van der Waals surface area contributed by atoms with Crippen molar-refractivity contribution in [2.24, 2.45) is 5.92 Å². The van der Waals surface area contributed by atoms with Gasteiger partial charge in [-0.15, -0.1) is 11.3 Å². The summed E-state index contributed by atoms with van der Waals surface area (Å²) in [6.45, 7) is 3.20. The maximum Gasteiger partial charge on any atom is 0.149 e. The van der Waals surface area contributed by atoms with Crippen LogP contribution in [-0.2, 0) is 0 Å². The fraction of sp³-hybridized carbons (Fsp3) is 0.571. The molecule has 2 heterocycles. The summed E-state index contributed by atoms with van der Waals surface area (Å²) < 4.78 is 4.41. The van der Waals surface area contributed by atoms with Crippen molar-refractivity contribution in [3.05, 3.63) is 11.1 Å². The lowest BCUT2D eigenvalue weighted by Gasteiger charge is -2.23. The van der Waals surface area contributed by atoms with Crippen molar-refractivity contribution in [1.82, 2.24) is 9.36 Å². The van der Waals surface area contributed by atoms with Crippen molar-refractivity contribution in [1.29, 1.82) is 0 Å². The van der Waals surface area contributed by atoms with Crippen LogP contribution in [0, 0.1) is 12.8 Å². The smallest absolute Gasteiger partial charge is 0.149 e. The molecule has 4 rings (SSSR count). The minimum atomic E-state index is 0.640. The predicted molar refractivity (Wildman–Crippen MR) is 85.5 cm³/mol. The molecule has 0 bridgehead atoms. The van der Waals surface area contributed by atoms with E-state index in [1.165, 1.54) is 37.2 Å². The Labute approximate surface area is 126 Å². The van der Waals surface area contributed by atoms with Crippen LogP contribution >= 0.6 is 22.9 Å². The van der Waals surface area contributed by atoms with E-state index in [1.54, 1.807) is 22.9 Å². The molecule has 0 atom stereocenters. The van der Waals surface area contributed by atoms with Crippen molar-refractivity contribution in [3.8, 4) is 10.6 Å². The highest BCUT2D eigenvalue weighted by molar-refractivity contribution is 7.15. The van der Waals surface area contributed by atoms with Gasteiger partial charge in [-0.2, -0.15) is 4.37 Å². The maximum absolute atomic E-state index is 6.13. The molecule has 4 nitrogen and oxygen atoms in total. The average Bonchev–Trinajstić information content (AvgIpc) is 3.32. The monoisotopic (exact) mass is 306 g/mol. The van der Waals surface area contributed by atoms with Crippen LogP contribution in [0.3, 0.4) is 0 Å². The maximum atomic E-state index is 6.13. The molecule has 0 amide bonds. The van der Waals surface area contributed by atoms with Gasteiger partial charge in [0.1, 0.15) is 15.8 Å². The molecule has 2 aromatic rings. The van der Waals surface area contributed by atoms with E-state index in [0.29, 0.717) is 11.9 Å². The highest BCUT2D eigenvalue weighted by Gasteiger charge is 2.36. The standard InChI is InChI=1S/C14H18N4S2/c1-8-7-19-13(16-8)11-12(15)17-20-14(11)18(10-4-5-10)6-9-2-3-9/h7,9-10H,2-6H2,1H3,(H2,15,17). The fourth-order valence-electron chi connectivity index (χ4n) is 2.52. The van der Waals surface area contributed by atoms with Crippen LogP contribution < -0.4 is 10.6 Å². The quantitative estimate of drug-likeness (QED) is 0.918. The van der Waals surface area contributed by atoms with Gasteiger partial charge in [0, 0.05) is 23.7 Å².